The van der Waals surface area contributed by atoms with Gasteiger partial charge in [-0.2, -0.15) is 0 Å². The van der Waals surface area contributed by atoms with Gasteiger partial charge in [0, 0.05) is 38.1 Å². The van der Waals surface area contributed by atoms with E-state index in [0.717, 1.165) is 43.2 Å². The Morgan fingerprint density at radius 1 is 0.968 bits per heavy atom. The molecule has 0 atom stereocenters. The number of anilines is 2. The minimum absolute atomic E-state index is 0.0163. The standard InChI is InChI=1S/C24H32N4O3/c1-19-4-6-20(7-5-19)16-26(2)18-24(30)27(3)17-23(29)25-21-8-10-22(11-9-21)28-12-14-31-15-13-28/h4-11H,12-18H2,1-3H3,(H,25,29). The molecule has 0 bridgehead atoms. The number of ether oxygens (including phenoxy) is 1. The molecule has 2 aromatic carbocycles. The van der Waals surface area contributed by atoms with Gasteiger partial charge in [-0.15, -0.1) is 0 Å². The van der Waals surface area contributed by atoms with Crippen LogP contribution in [0.4, 0.5) is 11.4 Å². The summed E-state index contributed by atoms with van der Waals surface area (Å²) in [6.07, 6.45) is 0. The molecule has 1 saturated heterocycles. The summed E-state index contributed by atoms with van der Waals surface area (Å²) in [5, 5.41) is 2.87. The number of rotatable bonds is 8. The van der Waals surface area contributed by atoms with Gasteiger partial charge in [-0.25, -0.2) is 0 Å². The van der Waals surface area contributed by atoms with Crippen LogP contribution < -0.4 is 10.2 Å². The molecule has 0 spiro atoms. The first-order valence-electron chi connectivity index (χ1n) is 10.6. The molecule has 0 unspecified atom stereocenters. The van der Waals surface area contributed by atoms with Crippen molar-refractivity contribution in [2.45, 2.75) is 13.5 Å². The number of amides is 2. The van der Waals surface area contributed by atoms with E-state index in [-0.39, 0.29) is 24.9 Å². The van der Waals surface area contributed by atoms with Crippen molar-refractivity contribution in [3.8, 4) is 0 Å². The maximum atomic E-state index is 12.5. The predicted octanol–water partition coefficient (Wildman–Crippen LogP) is 2.36. The van der Waals surface area contributed by atoms with Gasteiger partial charge in [-0.05, 0) is 43.8 Å². The third-order valence-electron chi connectivity index (χ3n) is 5.31. The average molecular weight is 425 g/mol. The average Bonchev–Trinajstić information content (AvgIpc) is 2.76. The van der Waals surface area contributed by atoms with E-state index >= 15 is 0 Å². The Bertz CT molecular complexity index is 861. The highest BCUT2D eigenvalue weighted by Crippen LogP contribution is 2.19. The second kappa shape index (κ2) is 10.9. The van der Waals surface area contributed by atoms with Gasteiger partial charge < -0.3 is 19.9 Å². The molecule has 2 amide bonds. The molecule has 7 nitrogen and oxygen atoms in total. The fourth-order valence-corrected chi connectivity index (χ4v) is 3.49. The molecule has 1 aliphatic rings. The number of hydrogen-bond acceptors (Lipinski definition) is 5. The molecule has 1 heterocycles. The predicted molar refractivity (Wildman–Crippen MR) is 123 cm³/mol. The van der Waals surface area contributed by atoms with Crippen LogP contribution in [0.25, 0.3) is 0 Å². The fraction of sp³-hybridized carbons (Fsp3) is 0.417. The van der Waals surface area contributed by atoms with E-state index in [4.69, 9.17) is 4.74 Å². The van der Waals surface area contributed by atoms with Crippen molar-refractivity contribution in [3.05, 3.63) is 59.7 Å². The van der Waals surface area contributed by atoms with Crippen molar-refractivity contribution in [1.29, 1.82) is 0 Å². The molecular formula is C24H32N4O3. The maximum Gasteiger partial charge on any atom is 0.243 e. The summed E-state index contributed by atoms with van der Waals surface area (Å²) in [6.45, 7) is 6.22. The minimum atomic E-state index is -0.212. The smallest absolute Gasteiger partial charge is 0.243 e. The van der Waals surface area contributed by atoms with Gasteiger partial charge in [0.2, 0.25) is 11.8 Å². The van der Waals surface area contributed by atoms with E-state index in [2.05, 4.69) is 41.4 Å². The first-order valence-corrected chi connectivity index (χ1v) is 10.6. The molecule has 2 aromatic rings. The molecule has 31 heavy (non-hydrogen) atoms. The number of nitrogens with zero attached hydrogens (tertiary/aromatic N) is 3. The first kappa shape index (κ1) is 22.8. The number of benzene rings is 2. The largest absolute Gasteiger partial charge is 0.378 e. The molecule has 0 saturated carbocycles. The first-order chi connectivity index (χ1) is 14.9. The third kappa shape index (κ3) is 7.08. The van der Waals surface area contributed by atoms with Crippen molar-refractivity contribution >= 4 is 23.2 Å². The van der Waals surface area contributed by atoms with Crippen molar-refractivity contribution in [3.63, 3.8) is 0 Å². The van der Waals surface area contributed by atoms with Gasteiger partial charge in [-0.3, -0.25) is 14.5 Å². The zero-order chi connectivity index (χ0) is 22.2. The monoisotopic (exact) mass is 424 g/mol. The van der Waals surface area contributed by atoms with Crippen LogP contribution in [0.2, 0.25) is 0 Å². The van der Waals surface area contributed by atoms with Crippen LogP contribution in [-0.4, -0.2) is 75.1 Å². The molecule has 7 heteroatoms. The van der Waals surface area contributed by atoms with Crippen LogP contribution in [0, 0.1) is 6.92 Å². The van der Waals surface area contributed by atoms with Crippen LogP contribution in [0.5, 0.6) is 0 Å². The van der Waals surface area contributed by atoms with Gasteiger partial charge >= 0.3 is 0 Å². The van der Waals surface area contributed by atoms with Crippen molar-refractivity contribution in [1.82, 2.24) is 9.80 Å². The Kier molecular flexibility index (Phi) is 8.03. The van der Waals surface area contributed by atoms with Gasteiger partial charge in [0.1, 0.15) is 0 Å². The second-order valence-electron chi connectivity index (χ2n) is 8.10. The third-order valence-corrected chi connectivity index (χ3v) is 5.31. The van der Waals surface area contributed by atoms with Gasteiger partial charge in [0.15, 0.2) is 0 Å². The van der Waals surface area contributed by atoms with Crippen LogP contribution in [0.15, 0.2) is 48.5 Å². The Morgan fingerprint density at radius 3 is 2.26 bits per heavy atom. The number of carbonyl (C=O) groups excluding carboxylic acids is 2. The lowest BCUT2D eigenvalue weighted by Gasteiger charge is -2.29. The summed E-state index contributed by atoms with van der Waals surface area (Å²) >= 11 is 0. The second-order valence-corrected chi connectivity index (χ2v) is 8.10. The highest BCUT2D eigenvalue weighted by molar-refractivity contribution is 5.94. The fourth-order valence-electron chi connectivity index (χ4n) is 3.49. The molecule has 1 aliphatic heterocycles. The normalized spacial score (nSPS) is 13.9. The molecule has 0 radical (unpaired) electrons. The lowest BCUT2D eigenvalue weighted by Crippen LogP contribution is -2.40. The van der Waals surface area contributed by atoms with Crippen LogP contribution in [0.3, 0.4) is 0 Å². The van der Waals surface area contributed by atoms with E-state index < -0.39 is 0 Å². The molecule has 0 aromatic heterocycles. The number of nitrogens with one attached hydrogen (secondary N) is 1. The number of morpholine rings is 1. The van der Waals surface area contributed by atoms with E-state index in [9.17, 15) is 9.59 Å². The lowest BCUT2D eigenvalue weighted by molar-refractivity contribution is -0.134. The summed E-state index contributed by atoms with van der Waals surface area (Å²) in [6, 6.07) is 16.0. The zero-order valence-corrected chi connectivity index (χ0v) is 18.6. The quantitative estimate of drug-likeness (QED) is 0.705. The molecule has 0 aliphatic carbocycles. The lowest BCUT2D eigenvalue weighted by atomic mass is 10.1. The van der Waals surface area contributed by atoms with Gasteiger partial charge in [-0.1, -0.05) is 29.8 Å². The highest BCUT2D eigenvalue weighted by atomic mass is 16.5. The summed E-state index contributed by atoms with van der Waals surface area (Å²) < 4.78 is 5.38. The number of carbonyl (C=O) groups is 2. The topological polar surface area (TPSA) is 65.1 Å². The number of hydrogen-bond donors (Lipinski definition) is 1. The number of aryl methyl sites for hydroxylation is 1. The Hall–Kier alpha value is -2.90. The molecular weight excluding hydrogens is 392 g/mol. The molecule has 166 valence electrons. The van der Waals surface area contributed by atoms with Crippen LogP contribution in [0.1, 0.15) is 11.1 Å². The maximum absolute atomic E-state index is 12.5. The van der Waals surface area contributed by atoms with Gasteiger partial charge in [0.25, 0.3) is 0 Å². The van der Waals surface area contributed by atoms with Crippen molar-refractivity contribution in [2.75, 3.05) is 63.7 Å². The Balaban J connectivity index is 1.43. The molecule has 3 rings (SSSR count). The van der Waals surface area contributed by atoms with E-state index in [1.54, 1.807) is 7.05 Å². The van der Waals surface area contributed by atoms with Crippen molar-refractivity contribution < 1.29 is 14.3 Å². The SMILES string of the molecule is Cc1ccc(CN(C)CC(=O)N(C)CC(=O)Nc2ccc(N3CCOCC3)cc2)cc1. The zero-order valence-electron chi connectivity index (χ0n) is 18.6. The van der Waals surface area contributed by atoms with E-state index in [1.165, 1.54) is 10.5 Å². The van der Waals surface area contributed by atoms with Gasteiger partial charge in [0.05, 0.1) is 26.3 Å². The van der Waals surface area contributed by atoms with Crippen LogP contribution in [-0.2, 0) is 20.9 Å². The van der Waals surface area contributed by atoms with E-state index in [0.29, 0.717) is 6.54 Å². The summed E-state index contributed by atoms with van der Waals surface area (Å²) in [4.78, 5) is 30.5. The van der Waals surface area contributed by atoms with E-state index in [1.807, 2.05) is 36.2 Å². The Morgan fingerprint density at radius 2 is 1.61 bits per heavy atom. The van der Waals surface area contributed by atoms with Crippen LogP contribution >= 0.6 is 0 Å². The number of likely N-dealkylation sites (N-methyl/N-ethyl adjacent to an activating group) is 2. The summed E-state index contributed by atoms with van der Waals surface area (Å²) in [7, 11) is 3.56. The summed E-state index contributed by atoms with van der Waals surface area (Å²) in [5.74, 6) is -0.302. The Labute approximate surface area is 184 Å². The summed E-state index contributed by atoms with van der Waals surface area (Å²) in [5.41, 5.74) is 4.20. The van der Waals surface area contributed by atoms with Crippen molar-refractivity contribution in [2.24, 2.45) is 0 Å². The molecule has 1 N–H and O–H groups in total. The highest BCUT2D eigenvalue weighted by Gasteiger charge is 2.16. The molecule has 1 fully saturated rings. The minimum Gasteiger partial charge on any atom is -0.378 e.